The summed E-state index contributed by atoms with van der Waals surface area (Å²) in [5.41, 5.74) is 1.56. The lowest BCUT2D eigenvalue weighted by Crippen LogP contribution is -1.92. The molecule has 1 N–H and O–H groups in total. The first-order valence-electron chi connectivity index (χ1n) is 3.96. The van der Waals surface area contributed by atoms with E-state index in [0.717, 1.165) is 17.1 Å². The smallest absolute Gasteiger partial charge is 0.140 e. The third kappa shape index (κ3) is 1.25. The number of rotatable bonds is 2. The van der Waals surface area contributed by atoms with Crippen LogP contribution < -0.4 is 4.74 Å². The predicted molar refractivity (Wildman–Crippen MR) is 47.7 cm³/mol. The quantitative estimate of drug-likeness (QED) is 0.741. The normalized spacial score (nSPS) is 10.6. The van der Waals surface area contributed by atoms with Crippen molar-refractivity contribution in [3.63, 3.8) is 0 Å². The van der Waals surface area contributed by atoms with Crippen LogP contribution in [0.3, 0.4) is 0 Å². The van der Waals surface area contributed by atoms with E-state index in [4.69, 9.17) is 9.84 Å². The highest BCUT2D eigenvalue weighted by atomic mass is 16.5. The molecule has 13 heavy (non-hydrogen) atoms. The summed E-state index contributed by atoms with van der Waals surface area (Å²) in [6, 6.07) is 3.65. The van der Waals surface area contributed by atoms with Gasteiger partial charge in [-0.2, -0.15) is 0 Å². The molecule has 2 rings (SSSR count). The van der Waals surface area contributed by atoms with E-state index < -0.39 is 0 Å². The maximum atomic E-state index is 8.96. The molecule has 2 heterocycles. The van der Waals surface area contributed by atoms with Crippen LogP contribution in [0.2, 0.25) is 0 Å². The fourth-order valence-corrected chi connectivity index (χ4v) is 1.26. The third-order valence-electron chi connectivity index (χ3n) is 1.96. The van der Waals surface area contributed by atoms with Crippen LogP contribution in [0.5, 0.6) is 5.75 Å². The summed E-state index contributed by atoms with van der Waals surface area (Å²) >= 11 is 0. The van der Waals surface area contributed by atoms with Gasteiger partial charge in [0.25, 0.3) is 0 Å². The number of aliphatic hydroxyl groups is 1. The Bertz CT molecular complexity index is 422. The highest BCUT2D eigenvalue weighted by Crippen LogP contribution is 2.14. The zero-order valence-electron chi connectivity index (χ0n) is 7.27. The van der Waals surface area contributed by atoms with Crippen molar-refractivity contribution in [2.24, 2.45) is 0 Å². The topological polar surface area (TPSA) is 46.8 Å². The van der Waals surface area contributed by atoms with Gasteiger partial charge in [0.05, 0.1) is 25.6 Å². The van der Waals surface area contributed by atoms with Crippen molar-refractivity contribution in [1.29, 1.82) is 0 Å². The Balaban J connectivity index is 2.61. The first kappa shape index (κ1) is 8.07. The first-order valence-corrected chi connectivity index (χ1v) is 3.96. The lowest BCUT2D eigenvalue weighted by Gasteiger charge is -2.00. The van der Waals surface area contributed by atoms with Crippen molar-refractivity contribution >= 4 is 5.65 Å². The summed E-state index contributed by atoms with van der Waals surface area (Å²) in [7, 11) is 1.61. The molecule has 0 saturated heterocycles. The lowest BCUT2D eigenvalue weighted by atomic mass is 10.4. The maximum Gasteiger partial charge on any atom is 0.140 e. The van der Waals surface area contributed by atoms with Crippen LogP contribution >= 0.6 is 0 Å². The Morgan fingerprint density at radius 1 is 1.62 bits per heavy atom. The highest BCUT2D eigenvalue weighted by Gasteiger charge is 2.01. The summed E-state index contributed by atoms with van der Waals surface area (Å²) in [5.74, 6) is 0.766. The largest absolute Gasteiger partial charge is 0.497 e. The molecular weight excluding hydrogens is 168 g/mol. The third-order valence-corrected chi connectivity index (χ3v) is 1.96. The highest BCUT2D eigenvalue weighted by molar-refractivity contribution is 5.45. The van der Waals surface area contributed by atoms with Gasteiger partial charge in [-0.3, -0.25) is 0 Å². The van der Waals surface area contributed by atoms with Gasteiger partial charge < -0.3 is 14.2 Å². The number of aliphatic hydroxyl groups excluding tert-OH is 1. The number of imidazole rings is 1. The number of pyridine rings is 1. The molecule has 0 aliphatic rings. The van der Waals surface area contributed by atoms with Crippen LogP contribution in [0, 0.1) is 0 Å². The Kier molecular flexibility index (Phi) is 1.90. The van der Waals surface area contributed by atoms with Crippen LogP contribution in [0.1, 0.15) is 5.69 Å². The first-order chi connectivity index (χ1) is 6.35. The van der Waals surface area contributed by atoms with Gasteiger partial charge in [0, 0.05) is 12.3 Å². The minimum absolute atomic E-state index is 0.00645. The molecule has 0 amide bonds. The number of ether oxygens (including phenoxy) is 1. The molecule has 0 bridgehead atoms. The van der Waals surface area contributed by atoms with E-state index in [1.807, 2.05) is 22.7 Å². The number of aromatic nitrogens is 2. The standard InChI is InChI=1S/C9H10N2O2/c1-13-8-2-3-11-7(6-12)5-10-9(11)4-8/h2-5,12H,6H2,1H3. The van der Waals surface area contributed by atoms with E-state index in [1.54, 1.807) is 13.3 Å². The Morgan fingerprint density at radius 2 is 2.46 bits per heavy atom. The molecule has 0 saturated carbocycles. The van der Waals surface area contributed by atoms with Crippen LogP contribution in [0.4, 0.5) is 0 Å². The monoisotopic (exact) mass is 178 g/mol. The van der Waals surface area contributed by atoms with Gasteiger partial charge in [-0.05, 0) is 6.07 Å². The second-order valence-corrected chi connectivity index (χ2v) is 2.70. The summed E-state index contributed by atoms with van der Waals surface area (Å²) in [6.45, 7) is -0.00645. The number of methoxy groups -OCH3 is 1. The molecule has 2 aromatic heterocycles. The van der Waals surface area contributed by atoms with Crippen LogP contribution in [-0.4, -0.2) is 21.6 Å². The molecular formula is C9H10N2O2. The van der Waals surface area contributed by atoms with Gasteiger partial charge in [0.1, 0.15) is 11.4 Å². The van der Waals surface area contributed by atoms with E-state index in [1.165, 1.54) is 0 Å². The molecule has 0 aromatic carbocycles. The van der Waals surface area contributed by atoms with Crippen molar-refractivity contribution in [1.82, 2.24) is 9.38 Å². The average molecular weight is 178 g/mol. The predicted octanol–water partition coefficient (Wildman–Crippen LogP) is 0.835. The minimum Gasteiger partial charge on any atom is -0.497 e. The molecule has 0 atom stereocenters. The Morgan fingerprint density at radius 3 is 3.15 bits per heavy atom. The SMILES string of the molecule is COc1ccn2c(CO)cnc2c1. The summed E-state index contributed by atoms with van der Waals surface area (Å²) in [4.78, 5) is 4.12. The molecule has 0 fully saturated rings. The molecule has 0 aliphatic carbocycles. The zero-order chi connectivity index (χ0) is 9.26. The second kappa shape index (κ2) is 3.06. The van der Waals surface area contributed by atoms with Gasteiger partial charge in [0.15, 0.2) is 0 Å². The number of nitrogens with zero attached hydrogens (tertiary/aromatic N) is 2. The van der Waals surface area contributed by atoms with E-state index in [0.29, 0.717) is 0 Å². The summed E-state index contributed by atoms with van der Waals surface area (Å²) in [6.07, 6.45) is 3.47. The minimum atomic E-state index is -0.00645. The summed E-state index contributed by atoms with van der Waals surface area (Å²) < 4.78 is 6.87. The Hall–Kier alpha value is -1.55. The molecule has 0 aliphatic heterocycles. The fraction of sp³-hybridized carbons (Fsp3) is 0.222. The molecule has 0 unspecified atom stereocenters. The molecule has 0 spiro atoms. The van der Waals surface area contributed by atoms with Crippen molar-refractivity contribution in [3.8, 4) is 5.75 Å². The molecule has 2 aromatic rings. The molecule has 4 nitrogen and oxygen atoms in total. The number of fused-ring (bicyclic) bond motifs is 1. The Labute approximate surface area is 75.4 Å². The number of hydrogen-bond donors (Lipinski definition) is 1. The fourth-order valence-electron chi connectivity index (χ4n) is 1.26. The van der Waals surface area contributed by atoms with Gasteiger partial charge in [-0.25, -0.2) is 4.98 Å². The maximum absolute atomic E-state index is 8.96. The molecule has 68 valence electrons. The van der Waals surface area contributed by atoms with Gasteiger partial charge >= 0.3 is 0 Å². The van der Waals surface area contributed by atoms with E-state index in [9.17, 15) is 0 Å². The van der Waals surface area contributed by atoms with Crippen molar-refractivity contribution < 1.29 is 9.84 Å². The van der Waals surface area contributed by atoms with Gasteiger partial charge in [0.2, 0.25) is 0 Å². The number of hydrogen-bond acceptors (Lipinski definition) is 3. The lowest BCUT2D eigenvalue weighted by molar-refractivity contribution is 0.276. The average Bonchev–Trinajstić information content (AvgIpc) is 2.59. The zero-order valence-corrected chi connectivity index (χ0v) is 7.27. The van der Waals surface area contributed by atoms with Crippen LogP contribution in [-0.2, 0) is 6.61 Å². The van der Waals surface area contributed by atoms with Crippen molar-refractivity contribution in [2.45, 2.75) is 6.61 Å². The van der Waals surface area contributed by atoms with E-state index >= 15 is 0 Å². The van der Waals surface area contributed by atoms with Gasteiger partial charge in [-0.15, -0.1) is 0 Å². The van der Waals surface area contributed by atoms with E-state index in [-0.39, 0.29) is 6.61 Å². The summed E-state index contributed by atoms with van der Waals surface area (Å²) in [5, 5.41) is 8.96. The van der Waals surface area contributed by atoms with Crippen molar-refractivity contribution in [3.05, 3.63) is 30.2 Å². The van der Waals surface area contributed by atoms with Gasteiger partial charge in [-0.1, -0.05) is 0 Å². The molecule has 4 heteroatoms. The second-order valence-electron chi connectivity index (χ2n) is 2.70. The van der Waals surface area contributed by atoms with E-state index in [2.05, 4.69) is 4.98 Å². The van der Waals surface area contributed by atoms with Crippen LogP contribution in [0.15, 0.2) is 24.5 Å². The van der Waals surface area contributed by atoms with Crippen LogP contribution in [0.25, 0.3) is 5.65 Å². The van der Waals surface area contributed by atoms with Crippen molar-refractivity contribution in [2.75, 3.05) is 7.11 Å². The molecule has 0 radical (unpaired) electrons.